The number of nitrogens with one attached hydrogen (secondary N) is 2. The van der Waals surface area contributed by atoms with Crippen LogP contribution in [0.1, 0.15) is 24.1 Å². The summed E-state index contributed by atoms with van der Waals surface area (Å²) >= 11 is 0. The van der Waals surface area contributed by atoms with E-state index in [9.17, 15) is 4.79 Å². The Hall–Kier alpha value is -2.50. The maximum Gasteiger partial charge on any atom is 0.239 e. The molecule has 0 spiro atoms. The summed E-state index contributed by atoms with van der Waals surface area (Å²) in [4.78, 5) is 25.0. The van der Waals surface area contributed by atoms with E-state index in [1.807, 2.05) is 26.0 Å². The van der Waals surface area contributed by atoms with Gasteiger partial charge in [0, 0.05) is 35.8 Å². The van der Waals surface area contributed by atoms with Gasteiger partial charge in [0.25, 0.3) is 0 Å². The van der Waals surface area contributed by atoms with Crippen LogP contribution in [0, 0.1) is 19.8 Å². The average Bonchev–Trinajstić information content (AvgIpc) is 3.39. The molecular formula is C17H21N5O. The number of anilines is 1. The summed E-state index contributed by atoms with van der Waals surface area (Å²) in [6, 6.07) is 3.74. The molecule has 2 N–H and O–H groups in total. The minimum Gasteiger partial charge on any atom is -0.361 e. The first kappa shape index (κ1) is 15.4. The number of rotatable bonds is 6. The molecule has 2 aromatic heterocycles. The summed E-state index contributed by atoms with van der Waals surface area (Å²) in [5.41, 5.74) is 2.76. The van der Waals surface area contributed by atoms with Crippen molar-refractivity contribution >= 4 is 11.7 Å². The third kappa shape index (κ3) is 4.03. The van der Waals surface area contributed by atoms with Crippen molar-refractivity contribution in [2.24, 2.45) is 5.92 Å². The number of carbonyl (C=O) groups is 1. The zero-order chi connectivity index (χ0) is 16.2. The van der Waals surface area contributed by atoms with E-state index in [0.29, 0.717) is 17.6 Å². The Morgan fingerprint density at radius 3 is 2.65 bits per heavy atom. The lowest BCUT2D eigenvalue weighted by molar-refractivity contribution is -0.119. The molecule has 23 heavy (non-hydrogen) atoms. The number of hydrogen-bond donors (Lipinski definition) is 2. The first-order valence-electron chi connectivity index (χ1n) is 7.89. The van der Waals surface area contributed by atoms with Gasteiger partial charge in [-0.15, -0.1) is 0 Å². The standard InChI is InChI=1S/C17H21N5O/c1-11-12(2)21-17(14-5-7-18-8-6-14)22-16(11)20-10-15(23)19-9-13-3-4-13/h5-8,13H,3-4,9-10H2,1-2H3,(H,19,23)(H,20,21,22). The minimum atomic E-state index is -0.00183. The molecule has 0 atom stereocenters. The van der Waals surface area contributed by atoms with E-state index in [1.54, 1.807) is 12.4 Å². The van der Waals surface area contributed by atoms with E-state index in [4.69, 9.17) is 0 Å². The van der Waals surface area contributed by atoms with Crippen LogP contribution >= 0.6 is 0 Å². The van der Waals surface area contributed by atoms with E-state index in [2.05, 4.69) is 25.6 Å². The Morgan fingerprint density at radius 2 is 1.96 bits per heavy atom. The highest BCUT2D eigenvalue weighted by atomic mass is 16.1. The first-order valence-corrected chi connectivity index (χ1v) is 7.89. The molecule has 1 saturated carbocycles. The molecule has 0 radical (unpaired) electrons. The van der Waals surface area contributed by atoms with Gasteiger partial charge in [0.15, 0.2) is 5.82 Å². The quantitative estimate of drug-likeness (QED) is 0.854. The topological polar surface area (TPSA) is 79.8 Å². The van der Waals surface area contributed by atoms with Gasteiger partial charge in [0.1, 0.15) is 5.82 Å². The van der Waals surface area contributed by atoms with Crippen LogP contribution in [-0.2, 0) is 4.79 Å². The van der Waals surface area contributed by atoms with Gasteiger partial charge in [0.2, 0.25) is 5.91 Å². The second-order valence-electron chi connectivity index (χ2n) is 5.94. The second-order valence-corrected chi connectivity index (χ2v) is 5.94. The van der Waals surface area contributed by atoms with Crippen LogP contribution in [0.5, 0.6) is 0 Å². The van der Waals surface area contributed by atoms with Crippen LogP contribution in [0.15, 0.2) is 24.5 Å². The Morgan fingerprint density at radius 1 is 1.22 bits per heavy atom. The van der Waals surface area contributed by atoms with Crippen molar-refractivity contribution in [1.82, 2.24) is 20.3 Å². The molecular weight excluding hydrogens is 290 g/mol. The van der Waals surface area contributed by atoms with Crippen molar-refractivity contribution in [1.29, 1.82) is 0 Å². The Labute approximate surface area is 135 Å². The molecule has 6 heteroatoms. The highest BCUT2D eigenvalue weighted by Gasteiger charge is 2.21. The number of pyridine rings is 1. The summed E-state index contributed by atoms with van der Waals surface area (Å²) in [6.45, 7) is 4.90. The Kier molecular flexibility index (Phi) is 4.50. The molecule has 0 aromatic carbocycles. The van der Waals surface area contributed by atoms with E-state index < -0.39 is 0 Å². The van der Waals surface area contributed by atoms with Crippen LogP contribution in [0.4, 0.5) is 5.82 Å². The van der Waals surface area contributed by atoms with Crippen molar-refractivity contribution in [3.63, 3.8) is 0 Å². The lowest BCUT2D eigenvalue weighted by atomic mass is 10.2. The lowest BCUT2D eigenvalue weighted by Crippen LogP contribution is -2.31. The fourth-order valence-electron chi connectivity index (χ4n) is 2.24. The summed E-state index contributed by atoms with van der Waals surface area (Å²) < 4.78 is 0. The molecule has 3 rings (SSSR count). The fraction of sp³-hybridized carbons (Fsp3) is 0.412. The van der Waals surface area contributed by atoms with Gasteiger partial charge in [-0.2, -0.15) is 0 Å². The number of nitrogens with zero attached hydrogens (tertiary/aromatic N) is 3. The molecule has 1 aliphatic carbocycles. The number of aromatic nitrogens is 3. The molecule has 6 nitrogen and oxygen atoms in total. The number of carbonyl (C=O) groups excluding carboxylic acids is 1. The first-order chi connectivity index (χ1) is 11.1. The van der Waals surface area contributed by atoms with Crippen molar-refractivity contribution in [2.45, 2.75) is 26.7 Å². The fourth-order valence-corrected chi connectivity index (χ4v) is 2.24. The molecule has 2 aromatic rings. The number of hydrogen-bond acceptors (Lipinski definition) is 5. The van der Waals surface area contributed by atoms with Crippen molar-refractivity contribution < 1.29 is 4.79 Å². The number of amides is 1. The number of aryl methyl sites for hydroxylation is 1. The van der Waals surface area contributed by atoms with Gasteiger partial charge in [-0.25, -0.2) is 9.97 Å². The second kappa shape index (κ2) is 6.73. The van der Waals surface area contributed by atoms with Crippen LogP contribution < -0.4 is 10.6 Å². The molecule has 0 saturated heterocycles. The van der Waals surface area contributed by atoms with E-state index in [0.717, 1.165) is 23.4 Å². The molecule has 1 fully saturated rings. The minimum absolute atomic E-state index is 0.00183. The molecule has 1 amide bonds. The van der Waals surface area contributed by atoms with Crippen LogP contribution in [0.3, 0.4) is 0 Å². The Balaban J connectivity index is 1.70. The van der Waals surface area contributed by atoms with Crippen LogP contribution in [0.2, 0.25) is 0 Å². The highest BCUT2D eigenvalue weighted by Crippen LogP contribution is 2.27. The molecule has 0 aliphatic heterocycles. The van der Waals surface area contributed by atoms with Crippen LogP contribution in [-0.4, -0.2) is 33.9 Å². The summed E-state index contributed by atoms with van der Waals surface area (Å²) in [6.07, 6.45) is 5.89. The SMILES string of the molecule is Cc1nc(-c2ccncc2)nc(NCC(=O)NCC2CC2)c1C. The zero-order valence-corrected chi connectivity index (χ0v) is 13.5. The van der Waals surface area contributed by atoms with Gasteiger partial charge in [-0.05, 0) is 44.7 Å². The summed E-state index contributed by atoms with van der Waals surface area (Å²) in [7, 11) is 0. The summed E-state index contributed by atoms with van der Waals surface area (Å²) in [5.74, 6) is 2.01. The molecule has 0 unspecified atom stereocenters. The van der Waals surface area contributed by atoms with E-state index in [-0.39, 0.29) is 12.5 Å². The highest BCUT2D eigenvalue weighted by molar-refractivity contribution is 5.80. The smallest absolute Gasteiger partial charge is 0.239 e. The van der Waals surface area contributed by atoms with Gasteiger partial charge in [0.05, 0.1) is 6.54 Å². The molecule has 1 aliphatic rings. The van der Waals surface area contributed by atoms with Crippen molar-refractivity contribution in [2.75, 3.05) is 18.4 Å². The molecule has 120 valence electrons. The van der Waals surface area contributed by atoms with Gasteiger partial charge in [-0.3, -0.25) is 9.78 Å². The third-order valence-corrected chi connectivity index (χ3v) is 4.03. The van der Waals surface area contributed by atoms with Crippen molar-refractivity contribution in [3.8, 4) is 11.4 Å². The predicted molar refractivity (Wildman–Crippen MR) is 89.0 cm³/mol. The average molecular weight is 311 g/mol. The summed E-state index contributed by atoms with van der Waals surface area (Å²) in [5, 5.41) is 6.07. The predicted octanol–water partition coefficient (Wildman–Crippen LogP) is 2.09. The maximum atomic E-state index is 11.9. The maximum absolute atomic E-state index is 11.9. The normalized spacial score (nSPS) is 13.7. The molecule has 0 bridgehead atoms. The lowest BCUT2D eigenvalue weighted by Gasteiger charge is -2.12. The van der Waals surface area contributed by atoms with Gasteiger partial charge >= 0.3 is 0 Å². The van der Waals surface area contributed by atoms with Crippen molar-refractivity contribution in [3.05, 3.63) is 35.8 Å². The zero-order valence-electron chi connectivity index (χ0n) is 13.5. The monoisotopic (exact) mass is 311 g/mol. The molecule has 2 heterocycles. The third-order valence-electron chi connectivity index (χ3n) is 4.03. The largest absolute Gasteiger partial charge is 0.361 e. The van der Waals surface area contributed by atoms with E-state index in [1.165, 1.54) is 12.8 Å². The van der Waals surface area contributed by atoms with Gasteiger partial charge in [-0.1, -0.05) is 0 Å². The Bertz CT molecular complexity index is 698. The van der Waals surface area contributed by atoms with E-state index >= 15 is 0 Å². The van der Waals surface area contributed by atoms with Crippen LogP contribution in [0.25, 0.3) is 11.4 Å². The van der Waals surface area contributed by atoms with Gasteiger partial charge < -0.3 is 10.6 Å².